The Morgan fingerprint density at radius 2 is 1.64 bits per heavy atom. The normalized spacial score (nSPS) is 10.1. The average Bonchev–Trinajstić information content (AvgIpc) is 2.44. The van der Waals surface area contributed by atoms with E-state index in [0.29, 0.717) is 11.3 Å². The molecule has 0 heterocycles. The number of benzene rings is 2. The van der Waals surface area contributed by atoms with Crippen LogP contribution < -0.4 is 5.32 Å². The fraction of sp³-hybridized carbons (Fsp3) is 0.176. The highest BCUT2D eigenvalue weighted by Crippen LogP contribution is 2.14. The molecule has 22 heavy (non-hydrogen) atoms. The molecular formula is C17H16BrNO3. The summed E-state index contributed by atoms with van der Waals surface area (Å²) in [6.07, 6.45) is 0. The molecule has 0 aliphatic rings. The van der Waals surface area contributed by atoms with E-state index in [2.05, 4.69) is 21.2 Å². The predicted octanol–water partition coefficient (Wildman–Crippen LogP) is 3.86. The Morgan fingerprint density at radius 3 is 2.23 bits per heavy atom. The van der Waals surface area contributed by atoms with Gasteiger partial charge in [-0.1, -0.05) is 22.0 Å². The molecule has 0 unspecified atom stereocenters. The summed E-state index contributed by atoms with van der Waals surface area (Å²) >= 11 is 3.29. The molecule has 2 rings (SSSR count). The van der Waals surface area contributed by atoms with E-state index < -0.39 is 5.97 Å². The highest BCUT2D eigenvalue weighted by molar-refractivity contribution is 9.10. The van der Waals surface area contributed by atoms with Crippen LogP contribution in [0.3, 0.4) is 0 Å². The molecular weight excluding hydrogens is 346 g/mol. The largest absolute Gasteiger partial charge is 0.452 e. The minimum absolute atomic E-state index is 0.318. The summed E-state index contributed by atoms with van der Waals surface area (Å²) in [6, 6.07) is 12.5. The molecule has 1 amide bonds. The number of carbonyl (C=O) groups is 2. The standard InChI is InChI=1S/C17H16BrNO3/c1-11-7-12(2)9-15(8-11)19-16(20)10-22-17(21)13-3-5-14(18)6-4-13/h3-9H,10H2,1-2H3,(H,19,20). The van der Waals surface area contributed by atoms with E-state index in [9.17, 15) is 9.59 Å². The number of anilines is 1. The van der Waals surface area contributed by atoms with Crippen molar-refractivity contribution in [3.63, 3.8) is 0 Å². The van der Waals surface area contributed by atoms with Crippen molar-refractivity contribution in [2.24, 2.45) is 0 Å². The second-order valence-electron chi connectivity index (χ2n) is 5.01. The van der Waals surface area contributed by atoms with Gasteiger partial charge in [0, 0.05) is 10.2 Å². The van der Waals surface area contributed by atoms with Crippen LogP contribution in [0.4, 0.5) is 5.69 Å². The van der Waals surface area contributed by atoms with Gasteiger partial charge in [0.25, 0.3) is 5.91 Å². The zero-order chi connectivity index (χ0) is 16.1. The lowest BCUT2D eigenvalue weighted by molar-refractivity contribution is -0.119. The summed E-state index contributed by atoms with van der Waals surface area (Å²) in [7, 11) is 0. The van der Waals surface area contributed by atoms with E-state index in [1.807, 2.05) is 32.0 Å². The van der Waals surface area contributed by atoms with E-state index in [4.69, 9.17) is 4.74 Å². The van der Waals surface area contributed by atoms with Crippen molar-refractivity contribution in [2.45, 2.75) is 13.8 Å². The Balaban J connectivity index is 1.89. The minimum Gasteiger partial charge on any atom is -0.452 e. The van der Waals surface area contributed by atoms with Gasteiger partial charge in [0.2, 0.25) is 0 Å². The van der Waals surface area contributed by atoms with Crippen LogP contribution in [0, 0.1) is 13.8 Å². The number of amides is 1. The summed E-state index contributed by atoms with van der Waals surface area (Å²) in [4.78, 5) is 23.6. The van der Waals surface area contributed by atoms with Crippen LogP contribution in [0.2, 0.25) is 0 Å². The second kappa shape index (κ2) is 7.22. The molecule has 2 aromatic rings. The Kier molecular flexibility index (Phi) is 5.33. The molecule has 0 aliphatic heterocycles. The zero-order valence-corrected chi connectivity index (χ0v) is 13.9. The number of carbonyl (C=O) groups excluding carboxylic acids is 2. The monoisotopic (exact) mass is 361 g/mol. The molecule has 0 aliphatic carbocycles. The lowest BCUT2D eigenvalue weighted by Gasteiger charge is -2.08. The molecule has 1 N–H and O–H groups in total. The maximum Gasteiger partial charge on any atom is 0.338 e. The fourth-order valence-corrected chi connectivity index (χ4v) is 2.31. The van der Waals surface area contributed by atoms with Crippen LogP contribution >= 0.6 is 15.9 Å². The molecule has 0 atom stereocenters. The number of esters is 1. The number of aryl methyl sites for hydroxylation is 2. The van der Waals surface area contributed by atoms with Crippen molar-refractivity contribution in [2.75, 3.05) is 11.9 Å². The molecule has 0 aromatic heterocycles. The first-order valence-electron chi connectivity index (χ1n) is 6.75. The summed E-state index contributed by atoms with van der Waals surface area (Å²) in [5, 5.41) is 2.72. The molecule has 5 heteroatoms. The average molecular weight is 362 g/mol. The summed E-state index contributed by atoms with van der Waals surface area (Å²) < 4.78 is 5.87. The lowest BCUT2D eigenvalue weighted by atomic mass is 10.1. The first-order valence-corrected chi connectivity index (χ1v) is 7.54. The van der Waals surface area contributed by atoms with Crippen LogP contribution in [0.5, 0.6) is 0 Å². The number of rotatable bonds is 4. The van der Waals surface area contributed by atoms with Crippen LogP contribution in [0.1, 0.15) is 21.5 Å². The second-order valence-corrected chi connectivity index (χ2v) is 5.92. The van der Waals surface area contributed by atoms with Crippen molar-refractivity contribution in [3.8, 4) is 0 Å². The van der Waals surface area contributed by atoms with Gasteiger partial charge in [0.15, 0.2) is 6.61 Å². The summed E-state index contributed by atoms with van der Waals surface area (Å²) in [5.74, 6) is -0.890. The Bertz CT molecular complexity index is 675. The number of nitrogens with one attached hydrogen (secondary N) is 1. The van der Waals surface area contributed by atoms with E-state index in [0.717, 1.165) is 15.6 Å². The number of hydrogen-bond acceptors (Lipinski definition) is 3. The molecule has 0 spiro atoms. The van der Waals surface area contributed by atoms with Crippen molar-refractivity contribution in [1.82, 2.24) is 0 Å². The molecule has 0 radical (unpaired) electrons. The molecule has 114 valence electrons. The molecule has 0 bridgehead atoms. The van der Waals surface area contributed by atoms with Gasteiger partial charge in [0.1, 0.15) is 0 Å². The maximum atomic E-state index is 11.8. The number of halogens is 1. The van der Waals surface area contributed by atoms with Gasteiger partial charge in [-0.3, -0.25) is 4.79 Å². The molecule has 0 fully saturated rings. The van der Waals surface area contributed by atoms with Crippen LogP contribution in [0.15, 0.2) is 46.9 Å². The smallest absolute Gasteiger partial charge is 0.338 e. The van der Waals surface area contributed by atoms with Crippen molar-refractivity contribution < 1.29 is 14.3 Å². The zero-order valence-electron chi connectivity index (χ0n) is 12.4. The van der Waals surface area contributed by atoms with Crippen LogP contribution in [-0.4, -0.2) is 18.5 Å². The van der Waals surface area contributed by atoms with Crippen molar-refractivity contribution in [3.05, 3.63) is 63.6 Å². The fourth-order valence-electron chi connectivity index (χ4n) is 2.04. The van der Waals surface area contributed by atoms with E-state index in [1.165, 1.54) is 0 Å². The van der Waals surface area contributed by atoms with Gasteiger partial charge in [-0.25, -0.2) is 4.79 Å². The van der Waals surface area contributed by atoms with Crippen LogP contribution in [0.25, 0.3) is 0 Å². The topological polar surface area (TPSA) is 55.4 Å². The first-order chi connectivity index (χ1) is 10.4. The third-order valence-corrected chi connectivity index (χ3v) is 3.45. The Labute approximate surface area is 137 Å². The SMILES string of the molecule is Cc1cc(C)cc(NC(=O)COC(=O)c2ccc(Br)cc2)c1. The van der Waals surface area contributed by atoms with E-state index in [-0.39, 0.29) is 12.5 Å². The van der Waals surface area contributed by atoms with Gasteiger partial charge in [-0.2, -0.15) is 0 Å². The highest BCUT2D eigenvalue weighted by atomic mass is 79.9. The molecule has 0 saturated heterocycles. The number of ether oxygens (including phenoxy) is 1. The van der Waals surface area contributed by atoms with Crippen molar-refractivity contribution >= 4 is 33.5 Å². The third kappa shape index (κ3) is 4.70. The van der Waals surface area contributed by atoms with Gasteiger partial charge < -0.3 is 10.1 Å². The number of hydrogen-bond donors (Lipinski definition) is 1. The Morgan fingerprint density at radius 1 is 1.05 bits per heavy atom. The van der Waals surface area contributed by atoms with Crippen LogP contribution in [-0.2, 0) is 9.53 Å². The quantitative estimate of drug-likeness (QED) is 0.841. The van der Waals surface area contributed by atoms with Gasteiger partial charge in [0.05, 0.1) is 5.56 Å². The highest BCUT2D eigenvalue weighted by Gasteiger charge is 2.10. The van der Waals surface area contributed by atoms with Gasteiger partial charge >= 0.3 is 5.97 Å². The first kappa shape index (κ1) is 16.2. The third-order valence-electron chi connectivity index (χ3n) is 2.92. The van der Waals surface area contributed by atoms with Crippen molar-refractivity contribution in [1.29, 1.82) is 0 Å². The van der Waals surface area contributed by atoms with E-state index >= 15 is 0 Å². The predicted molar refractivity (Wildman–Crippen MR) is 89.0 cm³/mol. The molecule has 4 nitrogen and oxygen atoms in total. The molecule has 0 saturated carbocycles. The Hall–Kier alpha value is -2.14. The van der Waals surface area contributed by atoms with E-state index in [1.54, 1.807) is 24.3 Å². The maximum absolute atomic E-state index is 11.8. The van der Waals surface area contributed by atoms with Gasteiger partial charge in [-0.15, -0.1) is 0 Å². The summed E-state index contributed by atoms with van der Waals surface area (Å²) in [5.41, 5.74) is 3.22. The summed E-state index contributed by atoms with van der Waals surface area (Å²) in [6.45, 7) is 3.59. The molecule has 2 aromatic carbocycles. The lowest BCUT2D eigenvalue weighted by Crippen LogP contribution is -2.21. The van der Waals surface area contributed by atoms with Gasteiger partial charge in [-0.05, 0) is 61.4 Å². The minimum atomic E-state index is -0.525.